The van der Waals surface area contributed by atoms with Crippen molar-refractivity contribution in [1.29, 1.82) is 0 Å². The molecule has 1 aromatic rings. The van der Waals surface area contributed by atoms with E-state index < -0.39 is 0 Å². The van der Waals surface area contributed by atoms with E-state index in [9.17, 15) is 0 Å². The monoisotopic (exact) mass is 242 g/mol. The van der Waals surface area contributed by atoms with Gasteiger partial charge in [-0.2, -0.15) is 0 Å². The quantitative estimate of drug-likeness (QED) is 0.833. The molecular weight excluding hydrogens is 220 g/mol. The average molecular weight is 242 g/mol. The van der Waals surface area contributed by atoms with Crippen molar-refractivity contribution in [3.8, 4) is 0 Å². The third-order valence-electron chi connectivity index (χ3n) is 2.44. The van der Waals surface area contributed by atoms with E-state index in [-0.39, 0.29) is 6.10 Å². The van der Waals surface area contributed by atoms with Crippen molar-refractivity contribution in [2.45, 2.75) is 39.8 Å². The Bertz CT molecular complexity index is 323. The largest absolute Gasteiger partial charge is 0.375 e. The van der Waals surface area contributed by atoms with E-state index in [4.69, 9.17) is 9.72 Å². The van der Waals surface area contributed by atoms with Crippen LogP contribution in [0.2, 0.25) is 0 Å². The SMILES string of the molecule is CNCc1sc(C(C)OC)nc1CC(C)C. The zero-order valence-electron chi connectivity index (χ0n) is 10.8. The van der Waals surface area contributed by atoms with Crippen molar-refractivity contribution in [1.82, 2.24) is 10.3 Å². The normalized spacial score (nSPS) is 13.4. The Kier molecular flexibility index (Phi) is 5.38. The molecule has 1 heterocycles. The average Bonchev–Trinajstić information content (AvgIpc) is 2.60. The Morgan fingerprint density at radius 1 is 1.38 bits per heavy atom. The second-order valence-electron chi connectivity index (χ2n) is 4.43. The smallest absolute Gasteiger partial charge is 0.122 e. The van der Waals surface area contributed by atoms with E-state index in [2.05, 4.69) is 19.2 Å². The maximum absolute atomic E-state index is 5.32. The highest BCUT2D eigenvalue weighted by molar-refractivity contribution is 7.11. The van der Waals surface area contributed by atoms with E-state index >= 15 is 0 Å². The Hall–Kier alpha value is -0.450. The third kappa shape index (κ3) is 3.54. The molecule has 1 rings (SSSR count). The summed E-state index contributed by atoms with van der Waals surface area (Å²) < 4.78 is 5.32. The van der Waals surface area contributed by atoms with Gasteiger partial charge in [0.1, 0.15) is 11.1 Å². The fourth-order valence-corrected chi connectivity index (χ4v) is 2.66. The van der Waals surface area contributed by atoms with Crippen LogP contribution in [-0.4, -0.2) is 19.1 Å². The molecule has 92 valence electrons. The Balaban J connectivity index is 2.90. The molecular formula is C12H22N2OS. The van der Waals surface area contributed by atoms with Gasteiger partial charge >= 0.3 is 0 Å². The predicted molar refractivity (Wildman–Crippen MR) is 68.8 cm³/mol. The van der Waals surface area contributed by atoms with Gasteiger partial charge in [0, 0.05) is 18.5 Å². The van der Waals surface area contributed by atoms with Crippen LogP contribution in [0.25, 0.3) is 0 Å². The van der Waals surface area contributed by atoms with Gasteiger partial charge in [0.15, 0.2) is 0 Å². The molecule has 1 N–H and O–H groups in total. The number of nitrogens with zero attached hydrogens (tertiary/aromatic N) is 1. The topological polar surface area (TPSA) is 34.1 Å². The van der Waals surface area contributed by atoms with E-state index in [0.717, 1.165) is 18.0 Å². The first-order chi connectivity index (χ1) is 7.58. The molecule has 4 heteroatoms. The minimum Gasteiger partial charge on any atom is -0.375 e. The lowest BCUT2D eigenvalue weighted by molar-refractivity contribution is 0.119. The molecule has 0 radical (unpaired) electrons. The summed E-state index contributed by atoms with van der Waals surface area (Å²) in [5.74, 6) is 0.642. The molecule has 0 amide bonds. The van der Waals surface area contributed by atoms with Gasteiger partial charge in [0.2, 0.25) is 0 Å². The van der Waals surface area contributed by atoms with Crippen LogP contribution in [0.15, 0.2) is 0 Å². The molecule has 0 saturated heterocycles. The molecule has 0 saturated carbocycles. The van der Waals surface area contributed by atoms with E-state index in [1.807, 2.05) is 14.0 Å². The summed E-state index contributed by atoms with van der Waals surface area (Å²) in [6.45, 7) is 7.39. The number of thiazole rings is 1. The molecule has 0 bridgehead atoms. The summed E-state index contributed by atoms with van der Waals surface area (Å²) in [6, 6.07) is 0. The first-order valence-corrected chi connectivity index (χ1v) is 6.56. The molecule has 1 aromatic heterocycles. The van der Waals surface area contributed by atoms with Crippen LogP contribution >= 0.6 is 11.3 Å². The Labute approximate surface area is 102 Å². The van der Waals surface area contributed by atoms with Gasteiger partial charge < -0.3 is 10.1 Å². The fourth-order valence-electron chi connectivity index (χ4n) is 1.52. The van der Waals surface area contributed by atoms with Crippen molar-refractivity contribution in [3.05, 3.63) is 15.6 Å². The Morgan fingerprint density at radius 2 is 2.06 bits per heavy atom. The summed E-state index contributed by atoms with van der Waals surface area (Å²) >= 11 is 1.76. The molecule has 1 unspecified atom stereocenters. The highest BCUT2D eigenvalue weighted by Crippen LogP contribution is 2.27. The zero-order chi connectivity index (χ0) is 12.1. The predicted octanol–water partition coefficient (Wildman–Crippen LogP) is 2.77. The number of hydrogen-bond donors (Lipinski definition) is 1. The number of aromatic nitrogens is 1. The molecule has 0 aliphatic carbocycles. The van der Waals surface area contributed by atoms with Gasteiger partial charge in [-0.15, -0.1) is 11.3 Å². The van der Waals surface area contributed by atoms with Crippen molar-refractivity contribution < 1.29 is 4.74 Å². The number of ether oxygens (including phenoxy) is 1. The van der Waals surface area contributed by atoms with Crippen molar-refractivity contribution >= 4 is 11.3 Å². The van der Waals surface area contributed by atoms with Gasteiger partial charge in [-0.1, -0.05) is 13.8 Å². The minimum atomic E-state index is 0.0986. The third-order valence-corrected chi connectivity index (χ3v) is 3.69. The molecule has 0 aromatic carbocycles. The van der Waals surface area contributed by atoms with Gasteiger partial charge in [-0.3, -0.25) is 0 Å². The van der Waals surface area contributed by atoms with Gasteiger partial charge in [-0.25, -0.2) is 4.98 Å². The highest BCUT2D eigenvalue weighted by Gasteiger charge is 2.15. The molecule has 16 heavy (non-hydrogen) atoms. The lowest BCUT2D eigenvalue weighted by Crippen LogP contribution is -2.07. The number of rotatable bonds is 6. The number of nitrogens with one attached hydrogen (secondary N) is 1. The number of hydrogen-bond acceptors (Lipinski definition) is 4. The lowest BCUT2D eigenvalue weighted by Gasteiger charge is -2.04. The van der Waals surface area contributed by atoms with E-state index in [0.29, 0.717) is 5.92 Å². The first kappa shape index (κ1) is 13.6. The van der Waals surface area contributed by atoms with Crippen LogP contribution in [0.5, 0.6) is 0 Å². The highest BCUT2D eigenvalue weighted by atomic mass is 32.1. The summed E-state index contributed by atoms with van der Waals surface area (Å²) in [6.07, 6.45) is 1.14. The molecule has 0 fully saturated rings. The van der Waals surface area contributed by atoms with E-state index in [1.165, 1.54) is 10.6 Å². The molecule has 0 aliphatic heterocycles. The molecule has 0 spiro atoms. The van der Waals surface area contributed by atoms with Crippen molar-refractivity contribution in [2.75, 3.05) is 14.2 Å². The summed E-state index contributed by atoms with van der Waals surface area (Å²) in [5.41, 5.74) is 1.23. The van der Waals surface area contributed by atoms with Gasteiger partial charge in [-0.05, 0) is 26.3 Å². The second kappa shape index (κ2) is 6.33. The van der Waals surface area contributed by atoms with E-state index in [1.54, 1.807) is 18.4 Å². The van der Waals surface area contributed by atoms with Crippen LogP contribution in [-0.2, 0) is 17.7 Å². The fraction of sp³-hybridized carbons (Fsp3) is 0.750. The first-order valence-electron chi connectivity index (χ1n) is 5.74. The second-order valence-corrected chi connectivity index (χ2v) is 5.54. The van der Waals surface area contributed by atoms with Crippen LogP contribution in [0.3, 0.4) is 0 Å². The maximum Gasteiger partial charge on any atom is 0.122 e. The minimum absolute atomic E-state index is 0.0986. The molecule has 0 aliphatic rings. The summed E-state index contributed by atoms with van der Waals surface area (Å²) in [4.78, 5) is 6.04. The lowest BCUT2D eigenvalue weighted by atomic mass is 10.1. The van der Waals surface area contributed by atoms with Crippen LogP contribution in [0, 0.1) is 5.92 Å². The Morgan fingerprint density at radius 3 is 2.56 bits per heavy atom. The van der Waals surface area contributed by atoms with Crippen LogP contribution in [0.1, 0.15) is 42.5 Å². The number of methoxy groups -OCH3 is 1. The maximum atomic E-state index is 5.32. The van der Waals surface area contributed by atoms with Crippen molar-refractivity contribution in [2.24, 2.45) is 5.92 Å². The summed E-state index contributed by atoms with van der Waals surface area (Å²) in [7, 11) is 3.70. The zero-order valence-corrected chi connectivity index (χ0v) is 11.6. The van der Waals surface area contributed by atoms with Crippen molar-refractivity contribution in [3.63, 3.8) is 0 Å². The van der Waals surface area contributed by atoms with Gasteiger partial charge in [0.05, 0.1) is 5.69 Å². The van der Waals surface area contributed by atoms with Crippen LogP contribution in [0.4, 0.5) is 0 Å². The summed E-state index contributed by atoms with van der Waals surface area (Å²) in [5, 5.41) is 4.28. The molecule has 1 atom stereocenters. The molecule has 3 nitrogen and oxygen atoms in total. The van der Waals surface area contributed by atoms with Gasteiger partial charge in [0.25, 0.3) is 0 Å². The standard InChI is InChI=1S/C12H22N2OS/c1-8(2)6-10-11(7-13-4)16-12(14-10)9(3)15-5/h8-9,13H,6-7H2,1-5H3. The van der Waals surface area contributed by atoms with Crippen LogP contribution < -0.4 is 5.32 Å².